The van der Waals surface area contributed by atoms with Gasteiger partial charge in [0, 0.05) is 29.5 Å². The second-order valence-electron chi connectivity index (χ2n) is 5.38. The molecule has 1 aromatic carbocycles. The second kappa shape index (κ2) is 8.21. The maximum atomic E-state index is 12.0. The number of anilines is 1. The van der Waals surface area contributed by atoms with Gasteiger partial charge in [0.15, 0.2) is 11.7 Å². The van der Waals surface area contributed by atoms with E-state index in [1.807, 2.05) is 0 Å². The minimum absolute atomic E-state index is 0.166. The fraction of sp³-hybridized carbons (Fsp3) is 0.167. The van der Waals surface area contributed by atoms with E-state index in [2.05, 4.69) is 15.3 Å². The molecule has 1 amide bonds. The topological polar surface area (TPSA) is 77.2 Å². The molecule has 0 fully saturated rings. The summed E-state index contributed by atoms with van der Waals surface area (Å²) in [6.45, 7) is 0. The number of methoxy groups -OCH3 is 1. The summed E-state index contributed by atoms with van der Waals surface area (Å²) in [5, 5.41) is 3.78. The maximum Gasteiger partial charge on any atom is 0.224 e. The highest BCUT2D eigenvalue weighted by Crippen LogP contribution is 2.30. The van der Waals surface area contributed by atoms with Crippen LogP contribution in [0.5, 0.6) is 5.88 Å². The first-order chi connectivity index (χ1) is 12.5. The molecule has 134 valence electrons. The third kappa shape index (κ3) is 4.53. The van der Waals surface area contributed by atoms with Crippen LogP contribution in [0.2, 0.25) is 10.0 Å². The van der Waals surface area contributed by atoms with Gasteiger partial charge >= 0.3 is 0 Å². The molecular formula is C18H15Cl2N3O3. The van der Waals surface area contributed by atoms with E-state index in [1.165, 1.54) is 13.3 Å². The molecule has 0 saturated carbocycles. The highest BCUT2D eigenvalue weighted by atomic mass is 35.5. The normalized spacial score (nSPS) is 10.6. The molecule has 0 bridgehead atoms. The number of halogens is 2. The molecule has 0 aliphatic rings. The fourth-order valence-electron chi connectivity index (χ4n) is 2.26. The molecule has 0 unspecified atom stereocenters. The summed E-state index contributed by atoms with van der Waals surface area (Å²) in [7, 11) is 1.53. The van der Waals surface area contributed by atoms with E-state index < -0.39 is 0 Å². The van der Waals surface area contributed by atoms with Crippen LogP contribution < -0.4 is 10.1 Å². The van der Waals surface area contributed by atoms with Crippen molar-refractivity contribution in [2.24, 2.45) is 0 Å². The van der Waals surface area contributed by atoms with Gasteiger partial charge in [-0.3, -0.25) is 4.79 Å². The summed E-state index contributed by atoms with van der Waals surface area (Å²) in [5.74, 6) is 1.30. The number of ether oxygens (including phenoxy) is 1. The zero-order valence-corrected chi connectivity index (χ0v) is 15.3. The molecule has 0 aliphatic carbocycles. The molecular weight excluding hydrogens is 377 g/mol. The number of nitrogens with one attached hydrogen (secondary N) is 1. The number of benzene rings is 1. The van der Waals surface area contributed by atoms with Crippen molar-refractivity contribution in [3.63, 3.8) is 0 Å². The first-order valence-electron chi connectivity index (χ1n) is 7.75. The average molecular weight is 392 g/mol. The number of hydrogen-bond donors (Lipinski definition) is 1. The number of carbonyl (C=O) groups is 1. The number of aromatic nitrogens is 2. The van der Waals surface area contributed by atoms with E-state index in [0.29, 0.717) is 45.2 Å². The lowest BCUT2D eigenvalue weighted by Crippen LogP contribution is -2.12. The zero-order valence-electron chi connectivity index (χ0n) is 13.8. The largest absolute Gasteiger partial charge is 0.481 e. The summed E-state index contributed by atoms with van der Waals surface area (Å²) in [6.07, 6.45) is 3.69. The average Bonchev–Trinajstić information content (AvgIpc) is 3.09. The quantitative estimate of drug-likeness (QED) is 0.662. The van der Waals surface area contributed by atoms with Gasteiger partial charge in [-0.1, -0.05) is 23.2 Å². The van der Waals surface area contributed by atoms with Gasteiger partial charge in [-0.25, -0.2) is 9.97 Å². The van der Waals surface area contributed by atoms with Gasteiger partial charge in [0.25, 0.3) is 0 Å². The minimum Gasteiger partial charge on any atom is -0.481 e. The number of oxazole rings is 1. The van der Waals surface area contributed by atoms with Crippen molar-refractivity contribution in [2.75, 3.05) is 12.4 Å². The highest BCUT2D eigenvalue weighted by Gasteiger charge is 2.12. The van der Waals surface area contributed by atoms with E-state index in [0.717, 1.165) is 0 Å². The Labute approximate surface area is 160 Å². The molecule has 26 heavy (non-hydrogen) atoms. The number of aryl methyl sites for hydroxylation is 1. The molecule has 3 aromatic rings. The maximum absolute atomic E-state index is 12.0. The summed E-state index contributed by atoms with van der Waals surface area (Å²) in [6, 6.07) is 8.51. The molecule has 8 heteroatoms. The smallest absolute Gasteiger partial charge is 0.224 e. The first-order valence-corrected chi connectivity index (χ1v) is 8.51. The molecule has 1 N–H and O–H groups in total. The van der Waals surface area contributed by atoms with Crippen molar-refractivity contribution < 1.29 is 13.9 Å². The Hall–Kier alpha value is -2.57. The molecule has 3 rings (SSSR count). The third-order valence-corrected chi connectivity index (χ3v) is 4.09. The summed E-state index contributed by atoms with van der Waals surface area (Å²) in [5.41, 5.74) is 1.29. The van der Waals surface area contributed by atoms with E-state index in [1.54, 1.807) is 36.5 Å². The van der Waals surface area contributed by atoms with E-state index in [4.69, 9.17) is 32.4 Å². The summed E-state index contributed by atoms with van der Waals surface area (Å²) in [4.78, 5) is 20.3. The lowest BCUT2D eigenvalue weighted by Gasteiger charge is -2.04. The Morgan fingerprint density at radius 1 is 1.19 bits per heavy atom. The molecule has 2 heterocycles. The minimum atomic E-state index is -0.166. The van der Waals surface area contributed by atoms with Crippen molar-refractivity contribution >= 4 is 34.8 Å². The molecule has 0 saturated heterocycles. The predicted octanol–water partition coefficient (Wildman–Crippen LogP) is 4.62. The Balaban J connectivity index is 1.58. The molecule has 0 atom stereocenters. The van der Waals surface area contributed by atoms with Gasteiger partial charge in [0.2, 0.25) is 11.8 Å². The van der Waals surface area contributed by atoms with Crippen LogP contribution >= 0.6 is 23.2 Å². The van der Waals surface area contributed by atoms with Gasteiger partial charge in [-0.05, 0) is 24.3 Å². The van der Waals surface area contributed by atoms with Crippen LogP contribution in [0.3, 0.4) is 0 Å². The van der Waals surface area contributed by atoms with Crippen molar-refractivity contribution in [2.45, 2.75) is 12.8 Å². The lowest BCUT2D eigenvalue weighted by atomic mass is 10.2. The Bertz CT molecular complexity index is 910. The third-order valence-electron chi connectivity index (χ3n) is 3.55. The SMILES string of the molecule is COc1ccc(NC(=O)CCc2ncc(-c3ccc(Cl)cc3Cl)o2)cn1. The number of pyridine rings is 1. The number of amides is 1. The van der Waals surface area contributed by atoms with Gasteiger partial charge in [0.1, 0.15) is 0 Å². The van der Waals surface area contributed by atoms with Crippen LogP contribution in [0.1, 0.15) is 12.3 Å². The molecule has 0 radical (unpaired) electrons. The van der Waals surface area contributed by atoms with Crippen LogP contribution in [0, 0.1) is 0 Å². The summed E-state index contributed by atoms with van der Waals surface area (Å²) < 4.78 is 10.6. The number of carbonyl (C=O) groups excluding carboxylic acids is 1. The van der Waals surface area contributed by atoms with Gasteiger partial charge in [-0.15, -0.1) is 0 Å². The number of rotatable bonds is 6. The first kappa shape index (κ1) is 18.2. The molecule has 0 aliphatic heterocycles. The van der Waals surface area contributed by atoms with E-state index in [-0.39, 0.29) is 12.3 Å². The van der Waals surface area contributed by atoms with Crippen LogP contribution in [-0.2, 0) is 11.2 Å². The van der Waals surface area contributed by atoms with Gasteiger partial charge in [-0.2, -0.15) is 0 Å². The van der Waals surface area contributed by atoms with Crippen LogP contribution in [-0.4, -0.2) is 23.0 Å². The van der Waals surface area contributed by atoms with Crippen molar-refractivity contribution in [3.05, 3.63) is 58.7 Å². The van der Waals surface area contributed by atoms with Crippen LogP contribution in [0.25, 0.3) is 11.3 Å². The van der Waals surface area contributed by atoms with Gasteiger partial charge < -0.3 is 14.5 Å². The van der Waals surface area contributed by atoms with Crippen molar-refractivity contribution in [1.82, 2.24) is 9.97 Å². The monoisotopic (exact) mass is 391 g/mol. The van der Waals surface area contributed by atoms with E-state index >= 15 is 0 Å². The lowest BCUT2D eigenvalue weighted by molar-refractivity contribution is -0.116. The Morgan fingerprint density at radius 3 is 2.73 bits per heavy atom. The standard InChI is InChI=1S/C18H15Cl2N3O3/c1-25-17-6-3-12(9-21-17)23-16(24)5-7-18-22-10-15(26-18)13-4-2-11(19)8-14(13)20/h2-4,6,8-10H,5,7H2,1H3,(H,23,24). The molecule has 0 spiro atoms. The summed E-state index contributed by atoms with van der Waals surface area (Å²) >= 11 is 12.1. The van der Waals surface area contributed by atoms with Crippen molar-refractivity contribution in [3.8, 4) is 17.2 Å². The van der Waals surface area contributed by atoms with Crippen LogP contribution in [0.4, 0.5) is 5.69 Å². The highest BCUT2D eigenvalue weighted by molar-refractivity contribution is 6.36. The van der Waals surface area contributed by atoms with Gasteiger partial charge in [0.05, 0.1) is 30.2 Å². The second-order valence-corrected chi connectivity index (χ2v) is 6.22. The molecule has 2 aromatic heterocycles. The van der Waals surface area contributed by atoms with E-state index in [9.17, 15) is 4.79 Å². The predicted molar refractivity (Wildman–Crippen MR) is 99.7 cm³/mol. The Kier molecular flexibility index (Phi) is 5.75. The van der Waals surface area contributed by atoms with Crippen LogP contribution in [0.15, 0.2) is 47.1 Å². The zero-order chi connectivity index (χ0) is 18.5. The Morgan fingerprint density at radius 2 is 2.04 bits per heavy atom. The van der Waals surface area contributed by atoms with Crippen molar-refractivity contribution in [1.29, 1.82) is 0 Å². The molecule has 6 nitrogen and oxygen atoms in total. The fourth-order valence-corrected chi connectivity index (χ4v) is 2.76. The number of hydrogen-bond acceptors (Lipinski definition) is 5. The number of nitrogens with zero attached hydrogens (tertiary/aromatic N) is 2.